The van der Waals surface area contributed by atoms with Gasteiger partial charge in [-0.1, -0.05) is 12.1 Å². The fourth-order valence-electron chi connectivity index (χ4n) is 1.71. The van der Waals surface area contributed by atoms with Gasteiger partial charge in [-0.3, -0.25) is 4.79 Å². The maximum absolute atomic E-state index is 11.6. The van der Waals surface area contributed by atoms with Gasteiger partial charge in [0.05, 0.1) is 19.3 Å². The fourth-order valence-corrected chi connectivity index (χ4v) is 1.71. The molecule has 1 aromatic rings. The van der Waals surface area contributed by atoms with Crippen LogP contribution in [0.5, 0.6) is 0 Å². The molecule has 1 fully saturated rings. The molecule has 0 aliphatic carbocycles. The van der Waals surface area contributed by atoms with Gasteiger partial charge < -0.3 is 19.5 Å². The zero-order valence-electron chi connectivity index (χ0n) is 11.2. The summed E-state index contributed by atoms with van der Waals surface area (Å²) in [6.45, 7) is 5.09. The predicted octanol–water partition coefficient (Wildman–Crippen LogP) is 2.10. The maximum Gasteiger partial charge on any atom is 0.250 e. The molecule has 5 nitrogen and oxygen atoms in total. The lowest BCUT2D eigenvalue weighted by molar-refractivity contribution is -0.121. The first-order valence-electron chi connectivity index (χ1n) is 6.40. The number of hydrogen-bond donors (Lipinski definition) is 1. The molecular formula is C14H19NO4. The van der Waals surface area contributed by atoms with Crippen molar-refractivity contribution in [1.29, 1.82) is 0 Å². The van der Waals surface area contributed by atoms with Gasteiger partial charge in [-0.25, -0.2) is 0 Å². The third kappa shape index (κ3) is 4.31. The summed E-state index contributed by atoms with van der Waals surface area (Å²) < 4.78 is 16.0. The van der Waals surface area contributed by atoms with Crippen LogP contribution in [0.2, 0.25) is 0 Å². The molecule has 1 aromatic carbocycles. The number of carbonyl (C=O) groups excluding carboxylic acids is 1. The molecule has 1 aliphatic heterocycles. The minimum Gasteiger partial charge on any atom is -0.369 e. The smallest absolute Gasteiger partial charge is 0.250 e. The van der Waals surface area contributed by atoms with Crippen molar-refractivity contribution in [2.24, 2.45) is 0 Å². The van der Waals surface area contributed by atoms with E-state index < -0.39 is 0 Å². The number of anilines is 1. The molecule has 0 bridgehead atoms. The first-order valence-corrected chi connectivity index (χ1v) is 6.40. The van der Waals surface area contributed by atoms with Gasteiger partial charge in [-0.15, -0.1) is 0 Å². The van der Waals surface area contributed by atoms with Crippen LogP contribution in [0.1, 0.15) is 25.7 Å². The van der Waals surface area contributed by atoms with E-state index in [0.717, 1.165) is 11.3 Å². The molecule has 0 aromatic heterocycles. The molecule has 0 spiro atoms. The van der Waals surface area contributed by atoms with Gasteiger partial charge in [0, 0.05) is 11.3 Å². The summed E-state index contributed by atoms with van der Waals surface area (Å²) in [6.07, 6.45) is -0.237. The lowest BCUT2D eigenvalue weighted by atomic mass is 10.2. The first kappa shape index (κ1) is 14.0. The average Bonchev–Trinajstić information content (AvgIpc) is 2.91. The zero-order valence-corrected chi connectivity index (χ0v) is 11.2. The Kier molecular flexibility index (Phi) is 4.90. The fraction of sp³-hybridized carbons (Fsp3) is 0.500. The quantitative estimate of drug-likeness (QED) is 0.885. The second-order valence-electron chi connectivity index (χ2n) is 4.60. The van der Waals surface area contributed by atoms with Gasteiger partial charge in [-0.05, 0) is 26.0 Å². The first-order chi connectivity index (χ1) is 9.15. The van der Waals surface area contributed by atoms with E-state index >= 15 is 0 Å². The van der Waals surface area contributed by atoms with Crippen LogP contribution in [0, 0.1) is 0 Å². The molecule has 5 heteroatoms. The third-order valence-corrected chi connectivity index (χ3v) is 2.64. The monoisotopic (exact) mass is 265 g/mol. The number of carbonyl (C=O) groups is 1. The van der Waals surface area contributed by atoms with Crippen molar-refractivity contribution in [2.75, 3.05) is 25.1 Å². The lowest BCUT2D eigenvalue weighted by Gasteiger charge is -2.11. The Morgan fingerprint density at radius 1 is 1.32 bits per heavy atom. The second kappa shape index (κ2) is 6.65. The van der Waals surface area contributed by atoms with E-state index in [1.807, 2.05) is 38.1 Å². The van der Waals surface area contributed by atoms with Crippen molar-refractivity contribution in [3.8, 4) is 0 Å². The molecule has 1 N–H and O–H groups in total. The van der Waals surface area contributed by atoms with Crippen molar-refractivity contribution < 1.29 is 19.0 Å². The molecule has 0 radical (unpaired) electrons. The highest BCUT2D eigenvalue weighted by atomic mass is 16.7. The van der Waals surface area contributed by atoms with E-state index in [4.69, 9.17) is 14.2 Å². The summed E-state index contributed by atoms with van der Waals surface area (Å²) in [5.74, 6) is -0.158. The minimum absolute atomic E-state index is 0.0461. The van der Waals surface area contributed by atoms with Crippen LogP contribution in [-0.4, -0.2) is 31.8 Å². The topological polar surface area (TPSA) is 56.8 Å². The number of rotatable bonds is 5. The summed E-state index contributed by atoms with van der Waals surface area (Å²) in [7, 11) is 0. The highest BCUT2D eigenvalue weighted by molar-refractivity contribution is 5.91. The molecule has 1 heterocycles. The van der Waals surface area contributed by atoms with E-state index in [0.29, 0.717) is 13.2 Å². The van der Waals surface area contributed by atoms with Crippen molar-refractivity contribution in [3.63, 3.8) is 0 Å². The molecule has 104 valence electrons. The van der Waals surface area contributed by atoms with Gasteiger partial charge in [0.15, 0.2) is 6.29 Å². The molecule has 0 atom stereocenters. The molecule has 1 aliphatic rings. The number of ether oxygens (including phenoxy) is 3. The van der Waals surface area contributed by atoms with Crippen LogP contribution >= 0.6 is 0 Å². The largest absolute Gasteiger partial charge is 0.369 e. The molecule has 1 amide bonds. The van der Waals surface area contributed by atoms with Crippen molar-refractivity contribution >= 4 is 11.6 Å². The Morgan fingerprint density at radius 2 is 1.95 bits per heavy atom. The predicted molar refractivity (Wildman–Crippen MR) is 70.8 cm³/mol. The van der Waals surface area contributed by atoms with E-state index in [2.05, 4.69) is 5.32 Å². The SMILES string of the molecule is CC(C)OCC(=O)Nc1ccc(C2OCCO2)cc1. The summed E-state index contributed by atoms with van der Waals surface area (Å²) in [5, 5.41) is 2.77. The molecular weight excluding hydrogens is 246 g/mol. The molecule has 0 unspecified atom stereocenters. The second-order valence-corrected chi connectivity index (χ2v) is 4.60. The highest BCUT2D eigenvalue weighted by Gasteiger charge is 2.17. The summed E-state index contributed by atoms with van der Waals surface area (Å²) in [4.78, 5) is 11.6. The van der Waals surface area contributed by atoms with Gasteiger partial charge in [0.2, 0.25) is 5.91 Å². The van der Waals surface area contributed by atoms with Crippen LogP contribution in [0.4, 0.5) is 5.69 Å². The Hall–Kier alpha value is -1.43. The number of amides is 1. The van der Waals surface area contributed by atoms with Crippen LogP contribution in [0.3, 0.4) is 0 Å². The normalized spacial score (nSPS) is 15.9. The van der Waals surface area contributed by atoms with Crippen molar-refractivity contribution in [1.82, 2.24) is 0 Å². The Bertz CT molecular complexity index is 410. The van der Waals surface area contributed by atoms with Gasteiger partial charge in [0.25, 0.3) is 0 Å². The third-order valence-electron chi connectivity index (χ3n) is 2.64. The van der Waals surface area contributed by atoms with E-state index in [1.165, 1.54) is 0 Å². The van der Waals surface area contributed by atoms with Gasteiger partial charge in [-0.2, -0.15) is 0 Å². The van der Waals surface area contributed by atoms with Crippen LogP contribution < -0.4 is 5.32 Å². The van der Waals surface area contributed by atoms with E-state index in [-0.39, 0.29) is 24.9 Å². The summed E-state index contributed by atoms with van der Waals surface area (Å²) in [6, 6.07) is 7.42. The summed E-state index contributed by atoms with van der Waals surface area (Å²) >= 11 is 0. The van der Waals surface area contributed by atoms with Gasteiger partial charge in [0.1, 0.15) is 6.61 Å². The molecule has 19 heavy (non-hydrogen) atoms. The van der Waals surface area contributed by atoms with Crippen LogP contribution in [0.25, 0.3) is 0 Å². The average molecular weight is 265 g/mol. The van der Waals surface area contributed by atoms with Crippen LogP contribution in [-0.2, 0) is 19.0 Å². The van der Waals surface area contributed by atoms with E-state index in [1.54, 1.807) is 0 Å². The maximum atomic E-state index is 11.6. The number of benzene rings is 1. The Balaban J connectivity index is 1.86. The minimum atomic E-state index is -0.283. The Morgan fingerprint density at radius 3 is 2.53 bits per heavy atom. The molecule has 0 saturated carbocycles. The highest BCUT2D eigenvalue weighted by Crippen LogP contribution is 2.24. The van der Waals surface area contributed by atoms with Crippen molar-refractivity contribution in [2.45, 2.75) is 26.2 Å². The molecule has 1 saturated heterocycles. The Labute approximate surface area is 112 Å². The summed E-state index contributed by atoms with van der Waals surface area (Å²) in [5.41, 5.74) is 1.69. The molecule has 2 rings (SSSR count). The number of hydrogen-bond acceptors (Lipinski definition) is 4. The van der Waals surface area contributed by atoms with E-state index in [9.17, 15) is 4.79 Å². The standard InChI is InChI=1S/C14H19NO4/c1-10(2)19-9-13(16)15-12-5-3-11(4-6-12)14-17-7-8-18-14/h3-6,10,14H,7-9H2,1-2H3,(H,15,16). The zero-order chi connectivity index (χ0) is 13.7. The van der Waals surface area contributed by atoms with Gasteiger partial charge >= 0.3 is 0 Å². The van der Waals surface area contributed by atoms with Crippen LogP contribution in [0.15, 0.2) is 24.3 Å². The van der Waals surface area contributed by atoms with Crippen molar-refractivity contribution in [3.05, 3.63) is 29.8 Å². The lowest BCUT2D eigenvalue weighted by Crippen LogP contribution is -2.20. The number of nitrogens with one attached hydrogen (secondary N) is 1.